The Labute approximate surface area is 115 Å². The van der Waals surface area contributed by atoms with Crippen LogP contribution >= 0.6 is 15.9 Å². The smallest absolute Gasteiger partial charge is 0.251 e. The molecule has 0 spiro atoms. The third kappa shape index (κ3) is 4.87. The van der Waals surface area contributed by atoms with E-state index in [0.717, 1.165) is 5.56 Å². The third-order valence-electron chi connectivity index (χ3n) is 2.20. The zero-order valence-corrected chi connectivity index (χ0v) is 12.1. The van der Waals surface area contributed by atoms with Gasteiger partial charge in [-0.05, 0) is 31.5 Å². The molecule has 18 heavy (non-hydrogen) atoms. The molecule has 2 amide bonds. The van der Waals surface area contributed by atoms with Crippen molar-refractivity contribution >= 4 is 27.7 Å². The highest BCUT2D eigenvalue weighted by Crippen LogP contribution is 2.08. The Morgan fingerprint density at radius 1 is 1.33 bits per heavy atom. The van der Waals surface area contributed by atoms with Gasteiger partial charge in [-0.3, -0.25) is 9.59 Å². The number of hydrogen-bond acceptors (Lipinski definition) is 2. The van der Waals surface area contributed by atoms with E-state index >= 15 is 0 Å². The molecule has 0 atom stereocenters. The Balaban J connectivity index is 2.52. The Hall–Kier alpha value is -1.36. The van der Waals surface area contributed by atoms with E-state index in [1.807, 2.05) is 26.0 Å². The Kier molecular flexibility index (Phi) is 5.85. The summed E-state index contributed by atoms with van der Waals surface area (Å²) in [5, 5.41) is 6.00. The van der Waals surface area contributed by atoms with E-state index in [1.54, 1.807) is 12.1 Å². The van der Waals surface area contributed by atoms with Gasteiger partial charge in [-0.15, -0.1) is 0 Å². The van der Waals surface area contributed by atoms with Crippen LogP contribution in [0.15, 0.2) is 24.3 Å². The zero-order valence-electron chi connectivity index (χ0n) is 10.5. The summed E-state index contributed by atoms with van der Waals surface area (Å²) in [4.78, 5) is 23.2. The highest BCUT2D eigenvalue weighted by atomic mass is 79.9. The monoisotopic (exact) mass is 312 g/mol. The first-order valence-corrected chi connectivity index (χ1v) is 6.87. The molecule has 0 aliphatic rings. The van der Waals surface area contributed by atoms with Crippen molar-refractivity contribution in [1.29, 1.82) is 0 Å². The van der Waals surface area contributed by atoms with E-state index in [2.05, 4.69) is 26.6 Å². The fraction of sp³-hybridized carbons (Fsp3) is 0.385. The normalized spacial score (nSPS) is 10.2. The number of carbonyl (C=O) groups excluding carboxylic acids is 2. The van der Waals surface area contributed by atoms with Crippen LogP contribution in [0.3, 0.4) is 0 Å². The Bertz CT molecular complexity index is 433. The molecule has 0 saturated heterocycles. The topological polar surface area (TPSA) is 58.2 Å². The van der Waals surface area contributed by atoms with Crippen molar-refractivity contribution < 1.29 is 9.59 Å². The summed E-state index contributed by atoms with van der Waals surface area (Å²) in [7, 11) is 0. The maximum atomic E-state index is 11.8. The lowest BCUT2D eigenvalue weighted by Crippen LogP contribution is -2.39. The van der Waals surface area contributed by atoms with Gasteiger partial charge in [-0.25, -0.2) is 0 Å². The van der Waals surface area contributed by atoms with Crippen LogP contribution in [0.5, 0.6) is 0 Å². The van der Waals surface area contributed by atoms with Crippen LogP contribution in [0.4, 0.5) is 0 Å². The highest BCUT2D eigenvalue weighted by molar-refractivity contribution is 9.08. The van der Waals surface area contributed by atoms with Crippen molar-refractivity contribution in [3.8, 4) is 0 Å². The maximum absolute atomic E-state index is 11.8. The third-order valence-corrected chi connectivity index (χ3v) is 2.85. The molecule has 0 aliphatic heterocycles. The molecular weight excluding hydrogens is 296 g/mol. The first-order chi connectivity index (χ1) is 8.52. The SMILES string of the molecule is CC(C)NC(=O)CNC(=O)c1cccc(CBr)c1. The number of hydrogen-bond donors (Lipinski definition) is 2. The number of halogens is 1. The molecule has 0 heterocycles. The van der Waals surface area contributed by atoms with Crippen LogP contribution in [0.25, 0.3) is 0 Å². The molecular formula is C13H17BrN2O2. The van der Waals surface area contributed by atoms with E-state index in [-0.39, 0.29) is 24.4 Å². The molecule has 0 unspecified atom stereocenters. The fourth-order valence-corrected chi connectivity index (χ4v) is 1.78. The summed E-state index contributed by atoms with van der Waals surface area (Å²) < 4.78 is 0. The number of nitrogens with one attached hydrogen (secondary N) is 2. The minimum absolute atomic E-state index is 0.00441. The standard InChI is InChI=1S/C13H17BrN2O2/c1-9(2)16-12(17)8-15-13(18)11-5-3-4-10(6-11)7-14/h3-6,9H,7-8H2,1-2H3,(H,15,18)(H,16,17). The van der Waals surface area contributed by atoms with E-state index in [0.29, 0.717) is 10.9 Å². The molecule has 98 valence electrons. The summed E-state index contributed by atoms with van der Waals surface area (Å²) >= 11 is 3.33. The average Bonchev–Trinajstić information content (AvgIpc) is 2.35. The molecule has 1 aromatic carbocycles. The predicted molar refractivity (Wildman–Crippen MR) is 74.7 cm³/mol. The van der Waals surface area contributed by atoms with Gasteiger partial charge in [0.2, 0.25) is 5.91 Å². The predicted octanol–water partition coefficient (Wildman–Crippen LogP) is 1.84. The first-order valence-electron chi connectivity index (χ1n) is 5.75. The summed E-state index contributed by atoms with van der Waals surface area (Å²) in [6.07, 6.45) is 0. The molecule has 1 aromatic rings. The second-order valence-corrected chi connectivity index (χ2v) is 4.80. The van der Waals surface area contributed by atoms with Gasteiger partial charge in [0, 0.05) is 16.9 Å². The second kappa shape index (κ2) is 7.16. The molecule has 0 aromatic heterocycles. The van der Waals surface area contributed by atoms with Crippen molar-refractivity contribution in [3.63, 3.8) is 0 Å². The van der Waals surface area contributed by atoms with Gasteiger partial charge in [-0.2, -0.15) is 0 Å². The molecule has 1 rings (SSSR count). The van der Waals surface area contributed by atoms with Gasteiger partial charge in [0.25, 0.3) is 5.91 Å². The van der Waals surface area contributed by atoms with Crippen molar-refractivity contribution in [2.45, 2.75) is 25.2 Å². The van der Waals surface area contributed by atoms with Crippen LogP contribution in [0.2, 0.25) is 0 Å². The van der Waals surface area contributed by atoms with Crippen LogP contribution < -0.4 is 10.6 Å². The van der Waals surface area contributed by atoms with Crippen molar-refractivity contribution in [1.82, 2.24) is 10.6 Å². The Morgan fingerprint density at radius 3 is 2.67 bits per heavy atom. The van der Waals surface area contributed by atoms with E-state index in [9.17, 15) is 9.59 Å². The molecule has 4 nitrogen and oxygen atoms in total. The van der Waals surface area contributed by atoms with Crippen LogP contribution in [0, 0.1) is 0 Å². The minimum Gasteiger partial charge on any atom is -0.352 e. The minimum atomic E-state index is -0.239. The summed E-state index contributed by atoms with van der Waals surface area (Å²) in [6, 6.07) is 7.34. The lowest BCUT2D eigenvalue weighted by Gasteiger charge is -2.09. The van der Waals surface area contributed by atoms with Gasteiger partial charge in [0.05, 0.1) is 6.54 Å². The van der Waals surface area contributed by atoms with Gasteiger partial charge < -0.3 is 10.6 Å². The molecule has 0 bridgehead atoms. The van der Waals surface area contributed by atoms with Gasteiger partial charge in [-0.1, -0.05) is 28.1 Å². The van der Waals surface area contributed by atoms with Crippen molar-refractivity contribution in [2.75, 3.05) is 6.54 Å². The second-order valence-electron chi connectivity index (χ2n) is 4.24. The van der Waals surface area contributed by atoms with E-state index < -0.39 is 0 Å². The quantitative estimate of drug-likeness (QED) is 0.815. The molecule has 0 radical (unpaired) electrons. The molecule has 2 N–H and O–H groups in total. The van der Waals surface area contributed by atoms with Crippen LogP contribution in [0.1, 0.15) is 29.8 Å². The van der Waals surface area contributed by atoms with E-state index in [4.69, 9.17) is 0 Å². The largest absolute Gasteiger partial charge is 0.352 e. The van der Waals surface area contributed by atoms with E-state index in [1.165, 1.54) is 0 Å². The number of benzene rings is 1. The maximum Gasteiger partial charge on any atom is 0.251 e. The molecule has 0 aliphatic carbocycles. The Morgan fingerprint density at radius 2 is 2.06 bits per heavy atom. The number of amides is 2. The summed E-state index contributed by atoms with van der Waals surface area (Å²) in [5.74, 6) is -0.424. The lowest BCUT2D eigenvalue weighted by atomic mass is 10.1. The molecule has 0 fully saturated rings. The van der Waals surface area contributed by atoms with Crippen molar-refractivity contribution in [2.24, 2.45) is 0 Å². The van der Waals surface area contributed by atoms with Gasteiger partial charge >= 0.3 is 0 Å². The number of carbonyl (C=O) groups is 2. The molecule has 0 saturated carbocycles. The van der Waals surface area contributed by atoms with Crippen LogP contribution in [-0.4, -0.2) is 24.4 Å². The first kappa shape index (κ1) is 14.7. The highest BCUT2D eigenvalue weighted by Gasteiger charge is 2.08. The molecule has 5 heteroatoms. The fourth-order valence-electron chi connectivity index (χ4n) is 1.43. The average molecular weight is 313 g/mol. The summed E-state index contributed by atoms with van der Waals surface area (Å²) in [5.41, 5.74) is 1.58. The van der Waals surface area contributed by atoms with Gasteiger partial charge in [0.15, 0.2) is 0 Å². The van der Waals surface area contributed by atoms with Crippen LogP contribution in [-0.2, 0) is 10.1 Å². The lowest BCUT2D eigenvalue weighted by molar-refractivity contribution is -0.120. The summed E-state index contributed by atoms with van der Waals surface area (Å²) in [6.45, 7) is 3.74. The van der Waals surface area contributed by atoms with Gasteiger partial charge in [0.1, 0.15) is 0 Å². The van der Waals surface area contributed by atoms with Crippen molar-refractivity contribution in [3.05, 3.63) is 35.4 Å². The number of alkyl halides is 1. The number of rotatable bonds is 5. The zero-order chi connectivity index (χ0) is 13.5.